The van der Waals surface area contributed by atoms with Crippen LogP contribution in [0.25, 0.3) is 0 Å². The maximum atomic E-state index is 12.8. The van der Waals surface area contributed by atoms with Crippen LogP contribution in [0.2, 0.25) is 0 Å². The maximum Gasteiger partial charge on any atom is 0.194 e. The van der Waals surface area contributed by atoms with Crippen LogP contribution < -0.4 is 0 Å². The molecule has 0 amide bonds. The minimum atomic E-state index is -0.772. The van der Waals surface area contributed by atoms with Crippen molar-refractivity contribution in [1.29, 1.82) is 0 Å². The number of hydrogen-bond donors (Lipinski definition) is 0. The zero-order valence-electron chi connectivity index (χ0n) is 13.1. The van der Waals surface area contributed by atoms with Gasteiger partial charge >= 0.3 is 0 Å². The molecule has 2 aromatic rings. The lowest BCUT2D eigenvalue weighted by atomic mass is 9.97. The van der Waals surface area contributed by atoms with Crippen molar-refractivity contribution in [3.05, 3.63) is 71.3 Å². The van der Waals surface area contributed by atoms with Crippen molar-refractivity contribution in [1.82, 2.24) is 0 Å². The molecular weight excluding hydrogens is 276 g/mol. The largest absolute Gasteiger partial charge is 0.339 e. The molecule has 2 atom stereocenters. The second-order valence-corrected chi connectivity index (χ2v) is 6.12. The summed E-state index contributed by atoms with van der Waals surface area (Å²) in [7, 11) is 0. The Labute approximate surface area is 130 Å². The fourth-order valence-electron chi connectivity index (χ4n) is 2.72. The van der Waals surface area contributed by atoms with Crippen LogP contribution in [-0.4, -0.2) is 17.7 Å². The number of benzene rings is 2. The first-order chi connectivity index (χ1) is 10.5. The van der Waals surface area contributed by atoms with E-state index >= 15 is 0 Å². The van der Waals surface area contributed by atoms with Gasteiger partial charge in [0.15, 0.2) is 17.7 Å². The van der Waals surface area contributed by atoms with Crippen molar-refractivity contribution in [3.8, 4) is 0 Å². The second kappa shape index (κ2) is 5.67. The van der Waals surface area contributed by atoms with E-state index in [4.69, 9.17) is 9.47 Å². The van der Waals surface area contributed by atoms with E-state index in [-0.39, 0.29) is 11.9 Å². The molecule has 1 saturated heterocycles. The van der Waals surface area contributed by atoms with Gasteiger partial charge in [-0.1, -0.05) is 60.2 Å². The standard InChI is InChI=1S/C19H20O3/c1-13-9-11-14(12-10-13)16(20)18-17(21-19(2,3)22-18)15-7-5-4-6-8-15/h4-12,17-18H,1-3H3/t17-,18+/m1/s1. The lowest BCUT2D eigenvalue weighted by Gasteiger charge is -2.16. The molecule has 2 aromatic carbocycles. The molecular formula is C19H20O3. The van der Waals surface area contributed by atoms with Crippen molar-refractivity contribution in [3.63, 3.8) is 0 Å². The molecule has 1 fully saturated rings. The van der Waals surface area contributed by atoms with E-state index in [0.717, 1.165) is 11.1 Å². The van der Waals surface area contributed by atoms with E-state index in [9.17, 15) is 4.79 Å². The number of aryl methyl sites for hydroxylation is 1. The summed E-state index contributed by atoms with van der Waals surface area (Å²) in [5.41, 5.74) is 2.73. The summed E-state index contributed by atoms with van der Waals surface area (Å²) in [4.78, 5) is 12.8. The highest BCUT2D eigenvalue weighted by molar-refractivity contribution is 6.00. The van der Waals surface area contributed by atoms with Crippen molar-refractivity contribution in [2.75, 3.05) is 0 Å². The Bertz CT molecular complexity index is 659. The molecule has 0 aliphatic carbocycles. The summed E-state index contributed by atoms with van der Waals surface area (Å²) < 4.78 is 11.9. The van der Waals surface area contributed by atoms with Crippen LogP contribution in [0, 0.1) is 6.92 Å². The first kappa shape index (κ1) is 14.9. The topological polar surface area (TPSA) is 35.5 Å². The molecule has 1 aliphatic heterocycles. The van der Waals surface area contributed by atoms with Gasteiger partial charge < -0.3 is 9.47 Å². The minimum Gasteiger partial charge on any atom is -0.339 e. The third-order valence-corrected chi connectivity index (χ3v) is 3.82. The number of ether oxygens (including phenoxy) is 2. The molecule has 0 bridgehead atoms. The van der Waals surface area contributed by atoms with Gasteiger partial charge in [0.1, 0.15) is 6.10 Å². The normalized spacial score (nSPS) is 23.4. The van der Waals surface area contributed by atoms with E-state index < -0.39 is 11.9 Å². The molecule has 3 nitrogen and oxygen atoms in total. The van der Waals surface area contributed by atoms with Gasteiger partial charge in [-0.3, -0.25) is 4.79 Å². The second-order valence-electron chi connectivity index (χ2n) is 6.12. The molecule has 0 unspecified atom stereocenters. The molecule has 0 radical (unpaired) electrons. The lowest BCUT2D eigenvalue weighted by molar-refractivity contribution is -0.143. The quantitative estimate of drug-likeness (QED) is 0.801. The monoisotopic (exact) mass is 296 g/mol. The fraction of sp³-hybridized carbons (Fsp3) is 0.316. The highest BCUT2D eigenvalue weighted by Crippen LogP contribution is 2.39. The van der Waals surface area contributed by atoms with Crippen LogP contribution in [0.5, 0.6) is 0 Å². The van der Waals surface area contributed by atoms with Gasteiger partial charge in [-0.25, -0.2) is 0 Å². The molecule has 3 rings (SSSR count). The Morgan fingerprint density at radius 1 is 0.955 bits per heavy atom. The Kier molecular flexibility index (Phi) is 3.85. The molecule has 0 saturated carbocycles. The molecule has 114 valence electrons. The zero-order valence-corrected chi connectivity index (χ0v) is 13.1. The number of hydrogen-bond acceptors (Lipinski definition) is 3. The van der Waals surface area contributed by atoms with Gasteiger partial charge in [0.2, 0.25) is 0 Å². The van der Waals surface area contributed by atoms with E-state index in [1.165, 1.54) is 0 Å². The minimum absolute atomic E-state index is 0.0422. The van der Waals surface area contributed by atoms with Crippen molar-refractivity contribution >= 4 is 5.78 Å². The van der Waals surface area contributed by atoms with E-state index in [2.05, 4.69) is 0 Å². The van der Waals surface area contributed by atoms with Crippen LogP contribution in [-0.2, 0) is 9.47 Å². The zero-order chi connectivity index (χ0) is 15.7. The van der Waals surface area contributed by atoms with Gasteiger partial charge in [-0.15, -0.1) is 0 Å². The average molecular weight is 296 g/mol. The van der Waals surface area contributed by atoms with Gasteiger partial charge in [0, 0.05) is 5.56 Å². The van der Waals surface area contributed by atoms with Crippen LogP contribution in [0.4, 0.5) is 0 Å². The number of rotatable bonds is 3. The predicted octanol–water partition coefficient (Wildman–Crippen LogP) is 4.07. The molecule has 1 heterocycles. The van der Waals surface area contributed by atoms with E-state index in [1.807, 2.05) is 75.4 Å². The predicted molar refractivity (Wildman–Crippen MR) is 84.7 cm³/mol. The van der Waals surface area contributed by atoms with E-state index in [1.54, 1.807) is 0 Å². The molecule has 0 spiro atoms. The highest BCUT2D eigenvalue weighted by Gasteiger charge is 2.45. The molecule has 1 aliphatic rings. The van der Waals surface area contributed by atoms with Gasteiger partial charge in [-0.05, 0) is 26.3 Å². The number of carbonyl (C=O) groups is 1. The Balaban J connectivity index is 1.92. The summed E-state index contributed by atoms with van der Waals surface area (Å²) in [6.07, 6.45) is -1.01. The Hall–Kier alpha value is -1.97. The van der Waals surface area contributed by atoms with E-state index in [0.29, 0.717) is 5.56 Å². The van der Waals surface area contributed by atoms with Gasteiger partial charge in [0.25, 0.3) is 0 Å². The fourth-order valence-corrected chi connectivity index (χ4v) is 2.72. The van der Waals surface area contributed by atoms with Gasteiger partial charge in [-0.2, -0.15) is 0 Å². The lowest BCUT2D eigenvalue weighted by Crippen LogP contribution is -2.28. The Morgan fingerprint density at radius 2 is 1.59 bits per heavy atom. The first-order valence-electron chi connectivity index (χ1n) is 7.48. The summed E-state index contributed by atoms with van der Waals surface area (Å²) >= 11 is 0. The summed E-state index contributed by atoms with van der Waals surface area (Å²) in [6.45, 7) is 5.68. The molecule has 22 heavy (non-hydrogen) atoms. The van der Waals surface area contributed by atoms with Gasteiger partial charge in [0.05, 0.1) is 0 Å². The number of ketones is 1. The maximum absolute atomic E-state index is 12.8. The molecule has 0 N–H and O–H groups in total. The van der Waals surface area contributed by atoms with Crippen molar-refractivity contribution < 1.29 is 14.3 Å². The molecule has 3 heteroatoms. The summed E-state index contributed by atoms with van der Waals surface area (Å²) in [6, 6.07) is 17.3. The third-order valence-electron chi connectivity index (χ3n) is 3.82. The first-order valence-corrected chi connectivity index (χ1v) is 7.48. The molecule has 0 aromatic heterocycles. The third kappa shape index (κ3) is 2.96. The average Bonchev–Trinajstić information content (AvgIpc) is 2.84. The summed E-state index contributed by atoms with van der Waals surface area (Å²) in [5, 5.41) is 0. The smallest absolute Gasteiger partial charge is 0.194 e. The Morgan fingerprint density at radius 3 is 2.23 bits per heavy atom. The van der Waals surface area contributed by atoms with Crippen molar-refractivity contribution in [2.24, 2.45) is 0 Å². The summed E-state index contributed by atoms with van der Waals surface area (Å²) in [5.74, 6) is -0.814. The van der Waals surface area contributed by atoms with Crippen molar-refractivity contribution in [2.45, 2.75) is 38.8 Å². The number of Topliss-reactive ketones (excluding diaryl/α,β-unsaturated/α-hetero) is 1. The van der Waals surface area contributed by atoms with Crippen LogP contribution in [0.15, 0.2) is 54.6 Å². The highest BCUT2D eigenvalue weighted by atomic mass is 16.8. The van der Waals surface area contributed by atoms with Crippen LogP contribution in [0.3, 0.4) is 0 Å². The van der Waals surface area contributed by atoms with Crippen LogP contribution in [0.1, 0.15) is 41.4 Å². The van der Waals surface area contributed by atoms with Crippen LogP contribution >= 0.6 is 0 Å². The SMILES string of the molecule is Cc1ccc(C(=O)[C@@H]2OC(C)(C)O[C@@H]2c2ccccc2)cc1. The number of carbonyl (C=O) groups excluding carboxylic acids is 1.